The minimum absolute atomic E-state index is 0.164. The van der Waals surface area contributed by atoms with E-state index < -0.39 is 32.6 Å². The molecule has 0 aliphatic carbocycles. The number of sulfonamides is 1. The van der Waals surface area contributed by atoms with E-state index in [4.69, 9.17) is 4.74 Å². The van der Waals surface area contributed by atoms with Crippen LogP contribution in [0.15, 0.2) is 23.1 Å². The van der Waals surface area contributed by atoms with Crippen LogP contribution in [0.25, 0.3) is 0 Å². The van der Waals surface area contributed by atoms with E-state index in [1.54, 1.807) is 6.92 Å². The predicted molar refractivity (Wildman–Crippen MR) is 58.0 cm³/mol. The summed E-state index contributed by atoms with van der Waals surface area (Å²) in [7, 11) is -2.51. The van der Waals surface area contributed by atoms with Gasteiger partial charge in [-0.05, 0) is 19.1 Å². The molecule has 7 heteroatoms. The van der Waals surface area contributed by atoms with Crippen LogP contribution in [-0.2, 0) is 14.8 Å². The van der Waals surface area contributed by atoms with E-state index in [9.17, 15) is 17.2 Å². The number of hydrogen-bond donors (Lipinski definition) is 1. The molecule has 0 saturated carbocycles. The summed E-state index contributed by atoms with van der Waals surface area (Å²) in [5, 5.41) is 0. The molecule has 1 rings (SSSR count). The van der Waals surface area contributed by atoms with Crippen LogP contribution in [0.4, 0.5) is 8.78 Å². The molecule has 0 amide bonds. The van der Waals surface area contributed by atoms with E-state index in [1.807, 2.05) is 0 Å². The maximum absolute atomic E-state index is 12.9. The molecular formula is C10H13F2NO3S. The molecule has 0 aromatic heterocycles. The number of benzene rings is 1. The summed E-state index contributed by atoms with van der Waals surface area (Å²) in [5.74, 6) is -1.88. The van der Waals surface area contributed by atoms with Crippen LogP contribution in [0, 0.1) is 11.6 Å². The van der Waals surface area contributed by atoms with Crippen molar-refractivity contribution in [3.63, 3.8) is 0 Å². The highest BCUT2D eigenvalue weighted by Gasteiger charge is 2.18. The molecule has 0 aliphatic rings. The first kappa shape index (κ1) is 14.0. The van der Waals surface area contributed by atoms with Crippen molar-refractivity contribution in [1.82, 2.24) is 4.72 Å². The number of methoxy groups -OCH3 is 1. The lowest BCUT2D eigenvalue weighted by Crippen LogP contribution is -2.35. The molecule has 1 atom stereocenters. The Morgan fingerprint density at radius 2 is 1.82 bits per heavy atom. The lowest BCUT2D eigenvalue weighted by Gasteiger charge is -2.13. The summed E-state index contributed by atoms with van der Waals surface area (Å²) in [6.45, 7) is 1.74. The first-order chi connectivity index (χ1) is 7.85. The molecule has 0 radical (unpaired) electrons. The molecule has 0 spiro atoms. The molecule has 1 aromatic carbocycles. The molecule has 0 bridgehead atoms. The summed E-state index contributed by atoms with van der Waals surface area (Å²) in [6, 6.07) is 1.63. The average molecular weight is 265 g/mol. The van der Waals surface area contributed by atoms with Crippen LogP contribution < -0.4 is 4.72 Å². The van der Waals surface area contributed by atoms with Gasteiger partial charge in [-0.2, -0.15) is 0 Å². The summed E-state index contributed by atoms with van der Waals surface area (Å²) in [5.41, 5.74) is 0. The second-order valence-electron chi connectivity index (χ2n) is 3.58. The fourth-order valence-corrected chi connectivity index (χ4v) is 2.57. The third-order valence-corrected chi connectivity index (χ3v) is 3.49. The van der Waals surface area contributed by atoms with Crippen molar-refractivity contribution in [2.24, 2.45) is 0 Å². The average Bonchev–Trinajstić information content (AvgIpc) is 2.15. The Morgan fingerprint density at radius 3 is 2.29 bits per heavy atom. The Kier molecular flexibility index (Phi) is 4.55. The first-order valence-corrected chi connectivity index (χ1v) is 6.31. The van der Waals surface area contributed by atoms with E-state index in [0.717, 1.165) is 12.1 Å². The van der Waals surface area contributed by atoms with Crippen LogP contribution in [0.1, 0.15) is 6.92 Å². The summed E-state index contributed by atoms with van der Waals surface area (Å²) < 4.78 is 56.2. The summed E-state index contributed by atoms with van der Waals surface area (Å²) in [4.78, 5) is -0.446. The second kappa shape index (κ2) is 5.52. The maximum atomic E-state index is 12.9. The minimum Gasteiger partial charge on any atom is -0.383 e. The van der Waals surface area contributed by atoms with Gasteiger partial charge in [0.1, 0.15) is 11.6 Å². The lowest BCUT2D eigenvalue weighted by atomic mass is 10.3. The molecule has 0 aliphatic heterocycles. The van der Waals surface area contributed by atoms with Gasteiger partial charge in [0.2, 0.25) is 10.0 Å². The summed E-state index contributed by atoms with van der Waals surface area (Å²) >= 11 is 0. The van der Waals surface area contributed by atoms with Gasteiger partial charge in [0.15, 0.2) is 0 Å². The quantitative estimate of drug-likeness (QED) is 0.872. The number of hydrogen-bond acceptors (Lipinski definition) is 3. The van der Waals surface area contributed by atoms with Gasteiger partial charge in [0.25, 0.3) is 0 Å². The van der Waals surface area contributed by atoms with Crippen molar-refractivity contribution >= 4 is 10.0 Å². The Labute approximate surface area is 98.6 Å². The predicted octanol–water partition coefficient (Wildman–Crippen LogP) is 1.28. The van der Waals surface area contributed by atoms with Crippen LogP contribution in [0.3, 0.4) is 0 Å². The summed E-state index contributed by atoms with van der Waals surface area (Å²) in [6.07, 6.45) is 0. The van der Waals surface area contributed by atoms with Gasteiger partial charge in [-0.1, -0.05) is 0 Å². The molecule has 0 heterocycles. The normalized spacial score (nSPS) is 13.6. The smallest absolute Gasteiger partial charge is 0.241 e. The molecule has 96 valence electrons. The zero-order valence-corrected chi connectivity index (χ0v) is 10.2. The van der Waals surface area contributed by atoms with E-state index in [-0.39, 0.29) is 6.61 Å². The third kappa shape index (κ3) is 4.03. The molecule has 1 aromatic rings. The van der Waals surface area contributed by atoms with Crippen LogP contribution >= 0.6 is 0 Å². The fourth-order valence-electron chi connectivity index (χ4n) is 1.30. The standard InChI is InChI=1S/C10H13F2NO3S/c1-7(6-16-2)13-17(14,15)10-4-8(11)3-9(12)5-10/h3-5,7,13H,6H2,1-2H3/t7-/m1/s1. The van der Waals surface area contributed by atoms with Crippen LogP contribution in [-0.4, -0.2) is 28.2 Å². The van der Waals surface area contributed by atoms with Gasteiger partial charge < -0.3 is 4.74 Å². The number of nitrogens with one attached hydrogen (secondary N) is 1. The van der Waals surface area contributed by atoms with Gasteiger partial charge in [-0.3, -0.25) is 0 Å². The first-order valence-electron chi connectivity index (χ1n) is 4.82. The van der Waals surface area contributed by atoms with Gasteiger partial charge in [-0.15, -0.1) is 0 Å². The molecule has 4 nitrogen and oxygen atoms in total. The van der Waals surface area contributed by atoms with E-state index >= 15 is 0 Å². The minimum atomic E-state index is -3.94. The zero-order valence-electron chi connectivity index (χ0n) is 9.41. The van der Waals surface area contributed by atoms with E-state index in [0.29, 0.717) is 6.07 Å². The monoisotopic (exact) mass is 265 g/mol. The lowest BCUT2D eigenvalue weighted by molar-refractivity contribution is 0.180. The van der Waals surface area contributed by atoms with E-state index in [2.05, 4.69) is 4.72 Å². The largest absolute Gasteiger partial charge is 0.383 e. The fraction of sp³-hybridized carbons (Fsp3) is 0.400. The molecule has 17 heavy (non-hydrogen) atoms. The van der Waals surface area contributed by atoms with Crippen molar-refractivity contribution in [1.29, 1.82) is 0 Å². The Bertz CT molecular complexity index is 470. The zero-order chi connectivity index (χ0) is 13.1. The molecule has 0 fully saturated rings. The third-order valence-electron chi connectivity index (χ3n) is 1.92. The Balaban J connectivity index is 2.97. The van der Waals surface area contributed by atoms with E-state index in [1.165, 1.54) is 7.11 Å². The number of rotatable bonds is 5. The molecule has 0 saturated heterocycles. The Morgan fingerprint density at radius 1 is 1.29 bits per heavy atom. The van der Waals surface area contributed by atoms with Crippen LogP contribution in [0.5, 0.6) is 0 Å². The van der Waals surface area contributed by atoms with Gasteiger partial charge in [0.05, 0.1) is 11.5 Å². The number of ether oxygens (including phenoxy) is 1. The van der Waals surface area contributed by atoms with Gasteiger partial charge >= 0.3 is 0 Å². The topological polar surface area (TPSA) is 55.4 Å². The van der Waals surface area contributed by atoms with Crippen molar-refractivity contribution in [2.75, 3.05) is 13.7 Å². The van der Waals surface area contributed by atoms with Gasteiger partial charge in [-0.25, -0.2) is 21.9 Å². The highest BCUT2D eigenvalue weighted by atomic mass is 32.2. The molecular weight excluding hydrogens is 252 g/mol. The van der Waals surface area contributed by atoms with Crippen molar-refractivity contribution in [3.8, 4) is 0 Å². The van der Waals surface area contributed by atoms with Crippen LogP contribution in [0.2, 0.25) is 0 Å². The van der Waals surface area contributed by atoms with Crippen molar-refractivity contribution in [2.45, 2.75) is 17.9 Å². The Hall–Kier alpha value is -1.05. The maximum Gasteiger partial charge on any atom is 0.241 e. The number of halogens is 2. The molecule has 0 unspecified atom stereocenters. The highest BCUT2D eigenvalue weighted by molar-refractivity contribution is 7.89. The second-order valence-corrected chi connectivity index (χ2v) is 5.30. The van der Waals surface area contributed by atoms with Crippen molar-refractivity contribution in [3.05, 3.63) is 29.8 Å². The van der Waals surface area contributed by atoms with Crippen molar-refractivity contribution < 1.29 is 21.9 Å². The van der Waals surface area contributed by atoms with Gasteiger partial charge in [0, 0.05) is 19.2 Å². The highest BCUT2D eigenvalue weighted by Crippen LogP contribution is 2.13. The molecule has 1 N–H and O–H groups in total. The SMILES string of the molecule is COC[C@@H](C)NS(=O)(=O)c1cc(F)cc(F)c1.